The number of aliphatic hydroxyl groups excluding tert-OH is 1. The van der Waals surface area contributed by atoms with Gasteiger partial charge in [-0.15, -0.1) is 0 Å². The third-order valence-corrected chi connectivity index (χ3v) is 3.89. The molecule has 1 aromatic carbocycles. The van der Waals surface area contributed by atoms with Gasteiger partial charge in [-0.1, -0.05) is 18.2 Å². The monoisotopic (exact) mass is 257 g/mol. The van der Waals surface area contributed by atoms with E-state index in [1.165, 1.54) is 0 Å². The summed E-state index contributed by atoms with van der Waals surface area (Å²) in [4.78, 5) is 4.61. The molecule has 2 unspecified atom stereocenters. The third-order valence-electron chi connectivity index (χ3n) is 3.89. The Morgan fingerprint density at radius 2 is 2.21 bits per heavy atom. The first kappa shape index (κ1) is 12.6. The lowest BCUT2D eigenvalue weighted by atomic mass is 9.92. The molecular weight excluding hydrogens is 238 g/mol. The number of nitrogens with zero attached hydrogens (tertiary/aromatic N) is 1. The zero-order valence-electron chi connectivity index (χ0n) is 11.2. The van der Waals surface area contributed by atoms with Crippen LogP contribution in [0.25, 0.3) is 10.9 Å². The molecule has 1 N–H and O–H groups in total. The standard InChI is InChI=1S/C16H19NO2/c1-11-9-15(16(18)12-5-4-8-19-10-12)17-14-7-3-2-6-13(11)14/h2-3,6-7,9,12,16,18H,4-5,8,10H2,1H3. The van der Waals surface area contributed by atoms with Gasteiger partial charge in [0.2, 0.25) is 0 Å². The molecule has 0 bridgehead atoms. The Labute approximate surface area is 113 Å². The number of fused-ring (bicyclic) bond motifs is 1. The van der Waals surface area contributed by atoms with E-state index in [2.05, 4.69) is 18.0 Å². The van der Waals surface area contributed by atoms with Crippen molar-refractivity contribution in [2.24, 2.45) is 5.92 Å². The van der Waals surface area contributed by atoms with Crippen LogP contribution < -0.4 is 0 Å². The molecule has 0 spiro atoms. The number of rotatable bonds is 2. The summed E-state index contributed by atoms with van der Waals surface area (Å²) >= 11 is 0. The van der Waals surface area contributed by atoms with E-state index in [9.17, 15) is 5.11 Å². The first-order valence-corrected chi connectivity index (χ1v) is 6.88. The Hall–Kier alpha value is -1.45. The molecule has 1 fully saturated rings. The number of hydrogen-bond acceptors (Lipinski definition) is 3. The van der Waals surface area contributed by atoms with Gasteiger partial charge in [0.15, 0.2) is 0 Å². The third kappa shape index (κ3) is 2.48. The van der Waals surface area contributed by atoms with Crippen molar-refractivity contribution in [1.29, 1.82) is 0 Å². The van der Waals surface area contributed by atoms with Gasteiger partial charge in [-0.2, -0.15) is 0 Å². The van der Waals surface area contributed by atoms with Gasteiger partial charge in [0, 0.05) is 17.9 Å². The highest BCUT2D eigenvalue weighted by atomic mass is 16.5. The van der Waals surface area contributed by atoms with Crippen LogP contribution in [0.2, 0.25) is 0 Å². The molecule has 2 heterocycles. The molecule has 3 heteroatoms. The van der Waals surface area contributed by atoms with Gasteiger partial charge < -0.3 is 9.84 Å². The van der Waals surface area contributed by atoms with Gasteiger partial charge in [-0.3, -0.25) is 4.98 Å². The number of aliphatic hydroxyl groups is 1. The van der Waals surface area contributed by atoms with Gasteiger partial charge in [-0.25, -0.2) is 0 Å². The van der Waals surface area contributed by atoms with Crippen molar-refractivity contribution in [2.45, 2.75) is 25.9 Å². The van der Waals surface area contributed by atoms with Crippen molar-refractivity contribution in [3.63, 3.8) is 0 Å². The van der Waals surface area contributed by atoms with Gasteiger partial charge in [0.25, 0.3) is 0 Å². The Morgan fingerprint density at radius 3 is 3.00 bits per heavy atom. The van der Waals surface area contributed by atoms with E-state index in [1.54, 1.807) is 0 Å². The average molecular weight is 257 g/mol. The average Bonchev–Trinajstić information content (AvgIpc) is 2.47. The number of hydrogen-bond donors (Lipinski definition) is 1. The summed E-state index contributed by atoms with van der Waals surface area (Å²) in [6.07, 6.45) is 1.51. The quantitative estimate of drug-likeness (QED) is 0.899. The number of pyridine rings is 1. The lowest BCUT2D eigenvalue weighted by molar-refractivity contribution is -0.0114. The predicted octanol–water partition coefficient (Wildman–Crippen LogP) is 3.00. The SMILES string of the molecule is Cc1cc(C(O)C2CCCOC2)nc2ccccc12. The van der Waals surface area contributed by atoms with Gasteiger partial charge in [-0.05, 0) is 37.5 Å². The second-order valence-electron chi connectivity index (χ2n) is 5.30. The van der Waals surface area contributed by atoms with E-state index < -0.39 is 6.10 Å². The molecule has 100 valence electrons. The van der Waals surface area contributed by atoms with Crippen molar-refractivity contribution >= 4 is 10.9 Å². The molecular formula is C16H19NO2. The number of aromatic nitrogens is 1. The fourth-order valence-electron chi connectivity index (χ4n) is 2.78. The summed E-state index contributed by atoms with van der Waals surface area (Å²) in [5.74, 6) is 0.168. The molecule has 2 aromatic rings. The normalized spacial score (nSPS) is 21.5. The molecule has 1 aliphatic rings. The summed E-state index contributed by atoms with van der Waals surface area (Å²) < 4.78 is 5.45. The Kier molecular flexibility index (Phi) is 3.49. The lowest BCUT2D eigenvalue weighted by Gasteiger charge is -2.26. The zero-order chi connectivity index (χ0) is 13.2. The molecule has 3 rings (SSSR count). The molecule has 0 aliphatic carbocycles. The molecule has 0 amide bonds. The maximum absolute atomic E-state index is 10.5. The summed E-state index contributed by atoms with van der Waals surface area (Å²) in [6.45, 7) is 3.51. The Morgan fingerprint density at radius 1 is 1.37 bits per heavy atom. The van der Waals surface area contributed by atoms with Crippen molar-refractivity contribution in [2.75, 3.05) is 13.2 Å². The lowest BCUT2D eigenvalue weighted by Crippen LogP contribution is -2.24. The van der Waals surface area contributed by atoms with Crippen LogP contribution in [0, 0.1) is 12.8 Å². The highest BCUT2D eigenvalue weighted by Gasteiger charge is 2.25. The second kappa shape index (κ2) is 5.27. The van der Waals surface area contributed by atoms with Gasteiger partial charge >= 0.3 is 0 Å². The summed E-state index contributed by atoms with van der Waals surface area (Å²) in [6, 6.07) is 10.1. The van der Waals surface area contributed by atoms with Crippen LogP contribution in [0.3, 0.4) is 0 Å². The van der Waals surface area contributed by atoms with Crippen molar-refractivity contribution in [3.05, 3.63) is 41.6 Å². The minimum atomic E-state index is -0.524. The molecule has 19 heavy (non-hydrogen) atoms. The molecule has 0 saturated carbocycles. The maximum atomic E-state index is 10.5. The molecule has 1 aromatic heterocycles. The van der Waals surface area contributed by atoms with Crippen LogP contribution in [0.15, 0.2) is 30.3 Å². The van der Waals surface area contributed by atoms with Gasteiger partial charge in [0.1, 0.15) is 6.10 Å². The zero-order valence-corrected chi connectivity index (χ0v) is 11.2. The minimum Gasteiger partial charge on any atom is -0.386 e. The van der Waals surface area contributed by atoms with Gasteiger partial charge in [0.05, 0.1) is 17.8 Å². The Balaban J connectivity index is 1.95. The maximum Gasteiger partial charge on any atom is 0.101 e. The fraction of sp³-hybridized carbons (Fsp3) is 0.438. The van der Waals surface area contributed by atoms with Crippen molar-refractivity contribution < 1.29 is 9.84 Å². The first-order valence-electron chi connectivity index (χ1n) is 6.88. The van der Waals surface area contributed by atoms with Crippen LogP contribution in [-0.4, -0.2) is 23.3 Å². The fourth-order valence-corrected chi connectivity index (χ4v) is 2.78. The highest BCUT2D eigenvalue weighted by Crippen LogP contribution is 2.29. The van der Waals surface area contributed by atoms with Crippen LogP contribution in [0.5, 0.6) is 0 Å². The summed E-state index contributed by atoms with van der Waals surface area (Å²) in [7, 11) is 0. The second-order valence-corrected chi connectivity index (χ2v) is 5.30. The van der Waals surface area contributed by atoms with Crippen LogP contribution in [0.1, 0.15) is 30.2 Å². The van der Waals surface area contributed by atoms with E-state index in [-0.39, 0.29) is 5.92 Å². The van der Waals surface area contributed by atoms with E-state index in [4.69, 9.17) is 4.74 Å². The number of ether oxygens (including phenoxy) is 1. The number of benzene rings is 1. The van der Waals surface area contributed by atoms with E-state index in [1.807, 2.05) is 24.3 Å². The summed E-state index contributed by atoms with van der Waals surface area (Å²) in [5.41, 5.74) is 2.89. The van der Waals surface area contributed by atoms with E-state index >= 15 is 0 Å². The molecule has 0 radical (unpaired) electrons. The van der Waals surface area contributed by atoms with Crippen molar-refractivity contribution in [3.8, 4) is 0 Å². The molecule has 3 nitrogen and oxygen atoms in total. The topological polar surface area (TPSA) is 42.4 Å². The Bertz CT molecular complexity index is 576. The smallest absolute Gasteiger partial charge is 0.101 e. The van der Waals surface area contributed by atoms with Crippen LogP contribution >= 0.6 is 0 Å². The largest absolute Gasteiger partial charge is 0.386 e. The van der Waals surface area contributed by atoms with Crippen LogP contribution in [0.4, 0.5) is 0 Å². The van der Waals surface area contributed by atoms with E-state index in [0.717, 1.165) is 41.6 Å². The minimum absolute atomic E-state index is 0.168. The van der Waals surface area contributed by atoms with Crippen molar-refractivity contribution in [1.82, 2.24) is 4.98 Å². The highest BCUT2D eigenvalue weighted by molar-refractivity contribution is 5.82. The predicted molar refractivity (Wildman–Crippen MR) is 75.0 cm³/mol. The van der Waals surface area contributed by atoms with E-state index in [0.29, 0.717) is 6.61 Å². The molecule has 1 aliphatic heterocycles. The molecule has 1 saturated heterocycles. The number of para-hydroxylation sites is 1. The first-order chi connectivity index (χ1) is 9.25. The number of aryl methyl sites for hydroxylation is 1. The summed E-state index contributed by atoms with van der Waals surface area (Å²) in [5, 5.41) is 11.6. The van der Waals surface area contributed by atoms with Crippen LogP contribution in [-0.2, 0) is 4.74 Å². The molecule has 2 atom stereocenters.